The quantitative estimate of drug-likeness (QED) is 0.206. The summed E-state index contributed by atoms with van der Waals surface area (Å²) < 4.78 is 0. The van der Waals surface area contributed by atoms with Gasteiger partial charge in [0.05, 0.1) is 5.69 Å². The fourth-order valence-corrected chi connectivity index (χ4v) is 5.49. The van der Waals surface area contributed by atoms with Gasteiger partial charge in [0.15, 0.2) is 0 Å². The molecule has 6 aromatic carbocycles. The molecule has 0 N–H and O–H groups in total. The Hall–Kier alpha value is -5.53. The molecule has 0 aliphatic carbocycles. The molecule has 0 fully saturated rings. The molecule has 0 amide bonds. The molecule has 1 heterocycles. The fraction of sp³-hybridized carbons (Fsp3) is 0. The predicted molar refractivity (Wildman–Crippen MR) is 177 cm³/mol. The zero-order chi connectivity index (χ0) is 28.1. The van der Waals surface area contributed by atoms with Crippen LogP contribution in [0, 0.1) is 0 Å². The van der Waals surface area contributed by atoms with E-state index in [9.17, 15) is 0 Å². The molecule has 1 heteroatoms. The molecule has 0 bridgehead atoms. The molecule has 0 saturated carbocycles. The van der Waals surface area contributed by atoms with Crippen molar-refractivity contribution in [1.29, 1.82) is 0 Å². The third-order valence-electron chi connectivity index (χ3n) is 7.69. The van der Waals surface area contributed by atoms with Gasteiger partial charge in [0, 0.05) is 17.3 Å². The molecule has 0 saturated heterocycles. The number of nitrogens with zero attached hydrogens (tertiary/aromatic N) is 1. The lowest BCUT2D eigenvalue weighted by atomic mass is 9.90. The van der Waals surface area contributed by atoms with Gasteiger partial charge in [-0.05, 0) is 92.5 Å². The summed E-state index contributed by atoms with van der Waals surface area (Å²) in [5, 5.41) is 0. The topological polar surface area (TPSA) is 12.9 Å². The van der Waals surface area contributed by atoms with Gasteiger partial charge in [-0.15, -0.1) is 0 Å². The highest BCUT2D eigenvalue weighted by molar-refractivity contribution is 5.85. The first kappa shape index (κ1) is 25.4. The highest BCUT2D eigenvalue weighted by atomic mass is 14.7. The van der Waals surface area contributed by atoms with Crippen LogP contribution < -0.4 is 0 Å². The highest BCUT2D eigenvalue weighted by Crippen LogP contribution is 2.37. The molecule has 0 spiro atoms. The minimum Gasteiger partial charge on any atom is -0.256 e. The van der Waals surface area contributed by atoms with Crippen LogP contribution in [0.5, 0.6) is 0 Å². The summed E-state index contributed by atoms with van der Waals surface area (Å²) in [4.78, 5) is 4.93. The van der Waals surface area contributed by atoms with Crippen LogP contribution in [-0.4, -0.2) is 4.98 Å². The maximum atomic E-state index is 4.93. The van der Waals surface area contributed by atoms with E-state index in [0.717, 1.165) is 22.4 Å². The lowest BCUT2D eigenvalue weighted by Crippen LogP contribution is -1.90. The van der Waals surface area contributed by atoms with Gasteiger partial charge in [0.2, 0.25) is 0 Å². The van der Waals surface area contributed by atoms with Crippen LogP contribution >= 0.6 is 0 Å². The summed E-state index contributed by atoms with van der Waals surface area (Å²) >= 11 is 0. The van der Waals surface area contributed by atoms with Gasteiger partial charge < -0.3 is 0 Å². The highest BCUT2D eigenvalue weighted by Gasteiger charge is 2.12. The Balaban J connectivity index is 1.39. The smallest absolute Gasteiger partial charge is 0.0702 e. The Kier molecular flexibility index (Phi) is 6.98. The predicted octanol–water partition coefficient (Wildman–Crippen LogP) is 11.1. The minimum absolute atomic E-state index is 0.955. The Bertz CT molecular complexity index is 1870. The number of hydrogen-bond donors (Lipinski definition) is 0. The van der Waals surface area contributed by atoms with Crippen molar-refractivity contribution in [3.63, 3.8) is 0 Å². The normalized spacial score (nSPS) is 10.9. The summed E-state index contributed by atoms with van der Waals surface area (Å²) in [6.45, 7) is 0. The molecule has 7 aromatic rings. The molecule has 7 rings (SSSR count). The van der Waals surface area contributed by atoms with Gasteiger partial charge in [-0.2, -0.15) is 0 Å². The van der Waals surface area contributed by atoms with Gasteiger partial charge in [-0.25, -0.2) is 0 Å². The van der Waals surface area contributed by atoms with E-state index in [1.807, 2.05) is 12.3 Å². The van der Waals surface area contributed by atoms with Gasteiger partial charge in [0.1, 0.15) is 0 Å². The number of aromatic nitrogens is 1. The molecule has 0 unspecified atom stereocenters. The van der Waals surface area contributed by atoms with Crippen LogP contribution in [0.2, 0.25) is 0 Å². The van der Waals surface area contributed by atoms with Crippen molar-refractivity contribution in [3.05, 3.63) is 176 Å². The van der Waals surface area contributed by atoms with Gasteiger partial charge in [-0.3, -0.25) is 4.98 Å². The Morgan fingerprint density at radius 2 is 0.548 bits per heavy atom. The molecule has 198 valence electrons. The maximum absolute atomic E-state index is 4.93. The van der Waals surface area contributed by atoms with E-state index in [1.54, 1.807) is 0 Å². The first-order chi connectivity index (χ1) is 20.8. The van der Waals surface area contributed by atoms with Gasteiger partial charge in [0.25, 0.3) is 0 Å². The van der Waals surface area contributed by atoms with Crippen molar-refractivity contribution in [1.82, 2.24) is 4.98 Å². The summed E-state index contributed by atoms with van der Waals surface area (Å²) in [5.74, 6) is 0. The van der Waals surface area contributed by atoms with Crippen LogP contribution in [0.4, 0.5) is 0 Å². The van der Waals surface area contributed by atoms with Crippen LogP contribution in [0.3, 0.4) is 0 Å². The van der Waals surface area contributed by atoms with Crippen LogP contribution in [0.15, 0.2) is 176 Å². The Morgan fingerprint density at radius 1 is 0.238 bits per heavy atom. The van der Waals surface area contributed by atoms with E-state index in [4.69, 9.17) is 4.98 Å². The molecular formula is C41H29N. The maximum Gasteiger partial charge on any atom is 0.0702 e. The average Bonchev–Trinajstić information content (AvgIpc) is 3.09. The minimum atomic E-state index is 0.955. The SMILES string of the molecule is c1ccc(-c2ccc(-c3cc(-c4ccccc4)cc(-c4cc(-c5ccccc5)cc(-c5ccccc5)c4)c3)nc2)cc1. The first-order valence-corrected chi connectivity index (χ1v) is 14.3. The van der Waals surface area contributed by atoms with E-state index in [0.29, 0.717) is 0 Å². The van der Waals surface area contributed by atoms with E-state index < -0.39 is 0 Å². The molecule has 1 aromatic heterocycles. The molecule has 0 aliphatic heterocycles. The fourth-order valence-electron chi connectivity index (χ4n) is 5.49. The summed E-state index contributed by atoms with van der Waals surface area (Å²) in [7, 11) is 0. The molecule has 0 aliphatic rings. The average molecular weight is 536 g/mol. The third kappa shape index (κ3) is 5.41. The van der Waals surface area contributed by atoms with Crippen molar-refractivity contribution in [2.75, 3.05) is 0 Å². The van der Waals surface area contributed by atoms with Crippen molar-refractivity contribution in [3.8, 4) is 66.9 Å². The Morgan fingerprint density at radius 3 is 0.881 bits per heavy atom. The first-order valence-electron chi connectivity index (χ1n) is 14.3. The zero-order valence-corrected chi connectivity index (χ0v) is 23.2. The van der Waals surface area contributed by atoms with Gasteiger partial charge in [-0.1, -0.05) is 127 Å². The van der Waals surface area contributed by atoms with Crippen molar-refractivity contribution < 1.29 is 0 Å². The second kappa shape index (κ2) is 11.5. The summed E-state index contributed by atoms with van der Waals surface area (Å²) in [6.07, 6.45) is 1.98. The third-order valence-corrected chi connectivity index (χ3v) is 7.69. The zero-order valence-electron chi connectivity index (χ0n) is 23.2. The molecule has 1 nitrogen and oxygen atoms in total. The molecule has 0 atom stereocenters. The van der Waals surface area contributed by atoms with Crippen molar-refractivity contribution >= 4 is 0 Å². The monoisotopic (exact) mass is 535 g/mol. The van der Waals surface area contributed by atoms with Crippen LogP contribution in [-0.2, 0) is 0 Å². The standard InChI is InChI=1S/C41H29N/c1-5-13-30(14-6-1)34-21-22-41(42-29-34)40-27-37(33-19-11-4-12-20-33)26-39(28-40)38-24-35(31-15-7-2-8-16-31)23-36(25-38)32-17-9-3-10-18-32/h1-29H. The number of hydrogen-bond acceptors (Lipinski definition) is 1. The van der Waals surface area contributed by atoms with E-state index in [1.165, 1.54) is 44.5 Å². The van der Waals surface area contributed by atoms with E-state index >= 15 is 0 Å². The van der Waals surface area contributed by atoms with Crippen molar-refractivity contribution in [2.45, 2.75) is 0 Å². The largest absolute Gasteiger partial charge is 0.256 e. The number of benzene rings is 6. The van der Waals surface area contributed by atoms with Crippen LogP contribution in [0.1, 0.15) is 0 Å². The number of pyridine rings is 1. The second-order valence-corrected chi connectivity index (χ2v) is 10.5. The molecule has 0 radical (unpaired) electrons. The summed E-state index contributed by atoms with van der Waals surface area (Å²) in [6, 6.07) is 60.3. The van der Waals surface area contributed by atoms with Gasteiger partial charge >= 0.3 is 0 Å². The van der Waals surface area contributed by atoms with Crippen molar-refractivity contribution in [2.24, 2.45) is 0 Å². The summed E-state index contributed by atoms with van der Waals surface area (Å²) in [5.41, 5.74) is 13.8. The number of rotatable bonds is 6. The second-order valence-electron chi connectivity index (χ2n) is 10.5. The Labute approximate surface area is 247 Å². The lowest BCUT2D eigenvalue weighted by Gasteiger charge is -2.14. The molecular weight excluding hydrogens is 506 g/mol. The van der Waals surface area contributed by atoms with Crippen LogP contribution in [0.25, 0.3) is 66.9 Å². The van der Waals surface area contributed by atoms with E-state index in [2.05, 4.69) is 164 Å². The van der Waals surface area contributed by atoms with E-state index in [-0.39, 0.29) is 0 Å². The lowest BCUT2D eigenvalue weighted by molar-refractivity contribution is 1.32. The molecule has 42 heavy (non-hydrogen) atoms.